The number of fused-ring (bicyclic) bond motifs is 1. The van der Waals surface area contributed by atoms with Gasteiger partial charge in [0.1, 0.15) is 5.75 Å². The second kappa shape index (κ2) is 10.1. The van der Waals surface area contributed by atoms with Crippen molar-refractivity contribution in [2.45, 2.75) is 20.8 Å². The molecule has 1 aliphatic carbocycles. The van der Waals surface area contributed by atoms with E-state index in [4.69, 9.17) is 5.73 Å². The summed E-state index contributed by atoms with van der Waals surface area (Å²) in [4.78, 5) is 4.88. The second-order valence-electron chi connectivity index (χ2n) is 7.91. The molecule has 1 aliphatic heterocycles. The van der Waals surface area contributed by atoms with Gasteiger partial charge in [-0.2, -0.15) is 0 Å². The molecule has 7 heteroatoms. The van der Waals surface area contributed by atoms with Crippen LogP contribution in [0.4, 0.5) is 11.5 Å². The predicted octanol–water partition coefficient (Wildman–Crippen LogP) is 2.68. The number of rotatable bonds is 8. The molecule has 1 saturated heterocycles. The number of phenolic OH excluding ortho intramolecular Hbond substituents is 1. The number of phenols is 1. The number of likely N-dealkylation sites (N-methyl/N-ethyl adjacent to an activating group) is 2. The van der Waals surface area contributed by atoms with Gasteiger partial charge >= 0.3 is 0 Å². The molecule has 0 amide bonds. The molecule has 4 N–H and O–H groups in total. The average molecular weight is 413 g/mol. The molecule has 2 atom stereocenters. The van der Waals surface area contributed by atoms with Crippen LogP contribution in [-0.4, -0.2) is 66.5 Å². The maximum absolute atomic E-state index is 10.1. The largest absolute Gasteiger partial charge is 0.507 e. The Bertz CT molecular complexity index is 817. The Labute approximate surface area is 180 Å². The Kier molecular flexibility index (Phi) is 7.50. The number of nitrogen functional groups attached to an aromatic ring is 1. The normalized spacial score (nSPS) is 21.9. The number of hydrogen-bond acceptors (Lipinski definition) is 7. The Balaban J connectivity index is 0.00000124. The first-order chi connectivity index (χ1) is 14.6. The minimum atomic E-state index is 0.207. The Morgan fingerprint density at radius 3 is 2.53 bits per heavy atom. The zero-order valence-electron chi connectivity index (χ0n) is 18.7. The van der Waals surface area contributed by atoms with Crippen molar-refractivity contribution in [3.8, 4) is 17.0 Å². The number of nitrogens with two attached hydrogens (primary N) is 1. The molecule has 30 heavy (non-hydrogen) atoms. The van der Waals surface area contributed by atoms with Crippen LogP contribution in [0.1, 0.15) is 20.8 Å². The summed E-state index contributed by atoms with van der Waals surface area (Å²) < 4.78 is 0. The lowest BCUT2D eigenvalue weighted by Crippen LogP contribution is -2.34. The van der Waals surface area contributed by atoms with Gasteiger partial charge in [-0.15, -0.1) is 10.2 Å². The molecule has 1 aromatic heterocycles. The fourth-order valence-corrected chi connectivity index (χ4v) is 4.53. The van der Waals surface area contributed by atoms with E-state index in [0.717, 1.165) is 56.2 Å². The minimum Gasteiger partial charge on any atom is -0.507 e. The average Bonchev–Trinajstić information content (AvgIpc) is 3.20. The van der Waals surface area contributed by atoms with Gasteiger partial charge in [0.15, 0.2) is 5.82 Å². The number of hydrogen-bond donors (Lipinski definition) is 3. The number of aromatic hydroxyl groups is 1. The predicted molar refractivity (Wildman–Crippen MR) is 124 cm³/mol. The van der Waals surface area contributed by atoms with Crippen LogP contribution in [0.5, 0.6) is 5.75 Å². The van der Waals surface area contributed by atoms with Gasteiger partial charge in [-0.25, -0.2) is 0 Å². The van der Waals surface area contributed by atoms with Crippen LogP contribution in [-0.2, 0) is 0 Å². The third-order valence-corrected chi connectivity index (χ3v) is 6.29. The molecule has 164 valence electrons. The van der Waals surface area contributed by atoms with E-state index in [0.29, 0.717) is 17.1 Å². The number of piperidine rings is 1. The molecular formula is C23H36N6O. The highest BCUT2D eigenvalue weighted by Crippen LogP contribution is 2.53. The molecular weight excluding hydrogens is 376 g/mol. The van der Waals surface area contributed by atoms with E-state index < -0.39 is 0 Å². The third-order valence-electron chi connectivity index (χ3n) is 6.29. The molecule has 2 heterocycles. The molecule has 2 aromatic rings. The molecule has 2 aliphatic rings. The molecule has 2 fully saturated rings. The SMILES string of the molecule is CC.CCN(CCNC)CC1C2CN(c3cc(-c4ccccc4O)nnc3N)CC12. The first kappa shape index (κ1) is 22.3. The molecule has 7 nitrogen and oxygen atoms in total. The van der Waals surface area contributed by atoms with Gasteiger partial charge in [0.2, 0.25) is 0 Å². The van der Waals surface area contributed by atoms with Gasteiger partial charge in [-0.1, -0.05) is 32.9 Å². The molecule has 4 rings (SSSR count). The quantitative estimate of drug-likeness (QED) is 0.614. The summed E-state index contributed by atoms with van der Waals surface area (Å²) in [5.74, 6) is 2.94. The summed E-state index contributed by atoms with van der Waals surface area (Å²) >= 11 is 0. The summed E-state index contributed by atoms with van der Waals surface area (Å²) in [5.41, 5.74) is 8.41. The summed E-state index contributed by atoms with van der Waals surface area (Å²) in [6, 6.07) is 9.16. The number of aromatic nitrogens is 2. The Hall–Kier alpha value is -2.38. The number of benzene rings is 1. The van der Waals surface area contributed by atoms with E-state index in [1.807, 2.05) is 39.1 Å². The van der Waals surface area contributed by atoms with E-state index in [9.17, 15) is 5.11 Å². The van der Waals surface area contributed by atoms with Gasteiger partial charge in [0, 0.05) is 38.3 Å². The fraction of sp³-hybridized carbons (Fsp3) is 0.565. The van der Waals surface area contributed by atoms with Gasteiger partial charge in [-0.05, 0) is 49.5 Å². The lowest BCUT2D eigenvalue weighted by molar-refractivity contribution is 0.267. The van der Waals surface area contributed by atoms with Crippen molar-refractivity contribution < 1.29 is 5.11 Å². The number of nitrogens with zero attached hydrogens (tertiary/aromatic N) is 4. The van der Waals surface area contributed by atoms with Crippen molar-refractivity contribution in [2.75, 3.05) is 56.9 Å². The molecule has 1 saturated carbocycles. The molecule has 0 radical (unpaired) electrons. The highest BCUT2D eigenvalue weighted by molar-refractivity contribution is 5.74. The van der Waals surface area contributed by atoms with Crippen LogP contribution in [0, 0.1) is 17.8 Å². The molecule has 0 bridgehead atoms. The van der Waals surface area contributed by atoms with Crippen molar-refractivity contribution in [1.82, 2.24) is 20.4 Å². The van der Waals surface area contributed by atoms with E-state index in [1.165, 1.54) is 6.54 Å². The minimum absolute atomic E-state index is 0.207. The van der Waals surface area contributed by atoms with Crippen molar-refractivity contribution in [3.63, 3.8) is 0 Å². The number of para-hydroxylation sites is 1. The van der Waals surface area contributed by atoms with Crippen molar-refractivity contribution in [1.29, 1.82) is 0 Å². The maximum Gasteiger partial charge on any atom is 0.169 e. The van der Waals surface area contributed by atoms with Crippen LogP contribution >= 0.6 is 0 Å². The smallest absolute Gasteiger partial charge is 0.169 e. The number of anilines is 2. The lowest BCUT2D eigenvalue weighted by Gasteiger charge is -2.26. The monoisotopic (exact) mass is 412 g/mol. The molecule has 1 aromatic carbocycles. The first-order valence-corrected chi connectivity index (χ1v) is 11.2. The standard InChI is InChI=1S/C21H30N6O.C2H6/c1-3-26(9-8-23-2)11-15-16-12-27(13-17(15)16)19-10-18(24-25-21(19)22)14-6-4-5-7-20(14)28;1-2/h4-7,10,15-17,23,28H,3,8-9,11-13H2,1-2H3,(H2,22,25);1-2H3. The summed E-state index contributed by atoms with van der Waals surface area (Å²) in [6.45, 7) is 12.7. The van der Waals surface area contributed by atoms with Crippen molar-refractivity contribution >= 4 is 11.5 Å². The van der Waals surface area contributed by atoms with Crippen molar-refractivity contribution in [3.05, 3.63) is 30.3 Å². The fourth-order valence-electron chi connectivity index (χ4n) is 4.53. The van der Waals surface area contributed by atoms with Gasteiger partial charge in [0.05, 0.1) is 11.4 Å². The van der Waals surface area contributed by atoms with Crippen LogP contribution in [0.15, 0.2) is 30.3 Å². The van der Waals surface area contributed by atoms with Gasteiger partial charge in [0.25, 0.3) is 0 Å². The van der Waals surface area contributed by atoms with Gasteiger partial charge in [-0.3, -0.25) is 0 Å². The Morgan fingerprint density at radius 2 is 1.90 bits per heavy atom. The molecule has 0 spiro atoms. The summed E-state index contributed by atoms with van der Waals surface area (Å²) in [5, 5.41) is 21.7. The van der Waals surface area contributed by atoms with E-state index in [2.05, 4.69) is 32.2 Å². The van der Waals surface area contributed by atoms with Crippen molar-refractivity contribution in [2.24, 2.45) is 17.8 Å². The first-order valence-electron chi connectivity index (χ1n) is 11.2. The topological polar surface area (TPSA) is 90.5 Å². The summed E-state index contributed by atoms with van der Waals surface area (Å²) in [6.07, 6.45) is 0. The van der Waals surface area contributed by atoms with Gasteiger partial charge < -0.3 is 26.0 Å². The van der Waals surface area contributed by atoms with Crippen LogP contribution < -0.4 is 16.0 Å². The van der Waals surface area contributed by atoms with E-state index >= 15 is 0 Å². The maximum atomic E-state index is 10.1. The van der Waals surface area contributed by atoms with E-state index in [1.54, 1.807) is 12.1 Å². The van der Waals surface area contributed by atoms with Crippen LogP contribution in [0.2, 0.25) is 0 Å². The zero-order valence-corrected chi connectivity index (χ0v) is 18.7. The third kappa shape index (κ3) is 4.68. The molecule has 2 unspecified atom stereocenters. The second-order valence-corrected chi connectivity index (χ2v) is 7.91. The highest BCUT2D eigenvalue weighted by atomic mass is 16.3. The summed E-state index contributed by atoms with van der Waals surface area (Å²) in [7, 11) is 2.01. The Morgan fingerprint density at radius 1 is 1.20 bits per heavy atom. The zero-order chi connectivity index (χ0) is 21.7. The van der Waals surface area contributed by atoms with Crippen LogP contribution in [0.3, 0.4) is 0 Å². The number of nitrogens with one attached hydrogen (secondary N) is 1. The van der Waals surface area contributed by atoms with E-state index in [-0.39, 0.29) is 5.75 Å². The lowest BCUT2D eigenvalue weighted by atomic mass is 10.1. The highest BCUT2D eigenvalue weighted by Gasteiger charge is 2.55. The van der Waals surface area contributed by atoms with Crippen LogP contribution in [0.25, 0.3) is 11.3 Å².